The largest absolute Gasteiger partial charge is 0.463 e. The number of hydrogen-bond donors (Lipinski definition) is 0. The van der Waals surface area contributed by atoms with Crippen molar-refractivity contribution in [3.63, 3.8) is 0 Å². The van der Waals surface area contributed by atoms with Gasteiger partial charge in [-0.05, 0) is 24.1 Å². The number of aryl methyl sites for hydroxylation is 1. The van der Waals surface area contributed by atoms with E-state index in [1.165, 1.54) is 19.1 Å². The highest BCUT2D eigenvalue weighted by Crippen LogP contribution is 2.32. The minimum Gasteiger partial charge on any atom is -0.463 e. The average Bonchev–Trinajstić information content (AvgIpc) is 2.79. The van der Waals surface area contributed by atoms with Crippen molar-refractivity contribution >= 4 is 34.8 Å². The molecule has 0 amide bonds. The highest BCUT2D eigenvalue weighted by molar-refractivity contribution is 5.81. The van der Waals surface area contributed by atoms with Gasteiger partial charge >= 0.3 is 29.5 Å². The summed E-state index contributed by atoms with van der Waals surface area (Å²) >= 11 is 0. The Morgan fingerprint density at radius 2 is 1.46 bits per heavy atom. The molecule has 2 aromatic rings. The van der Waals surface area contributed by atoms with Crippen LogP contribution in [0.4, 0.5) is 0 Å². The van der Waals surface area contributed by atoms with Crippen LogP contribution in [0, 0.1) is 0 Å². The zero-order valence-corrected chi connectivity index (χ0v) is 21.0. The van der Waals surface area contributed by atoms with Gasteiger partial charge in [-0.1, -0.05) is 6.92 Å². The lowest BCUT2D eigenvalue weighted by Gasteiger charge is -2.43. The first-order valence-electron chi connectivity index (χ1n) is 11.5. The van der Waals surface area contributed by atoms with Gasteiger partial charge in [-0.25, -0.2) is 4.79 Å². The molecule has 0 aliphatic carbocycles. The summed E-state index contributed by atoms with van der Waals surface area (Å²) in [6.07, 6.45) is -6.01. The molecule has 0 radical (unpaired) electrons. The summed E-state index contributed by atoms with van der Waals surface area (Å²) in [4.78, 5) is 59.1. The van der Waals surface area contributed by atoms with Gasteiger partial charge in [0.15, 0.2) is 12.2 Å². The third-order valence-corrected chi connectivity index (χ3v) is 5.38. The van der Waals surface area contributed by atoms with Gasteiger partial charge in [-0.15, -0.1) is 0 Å². The Bertz CT molecular complexity index is 1230. The van der Waals surface area contributed by atoms with E-state index in [-0.39, 0.29) is 17.9 Å². The van der Waals surface area contributed by atoms with Gasteiger partial charge in [-0.3, -0.25) is 19.2 Å². The van der Waals surface area contributed by atoms with Gasteiger partial charge in [0.1, 0.15) is 24.0 Å². The van der Waals surface area contributed by atoms with Crippen LogP contribution in [0.1, 0.15) is 40.2 Å². The number of rotatable bonds is 8. The lowest BCUT2D eigenvalue weighted by atomic mass is 9.98. The fourth-order valence-corrected chi connectivity index (χ4v) is 3.99. The first-order chi connectivity index (χ1) is 17.5. The molecule has 0 N–H and O–H groups in total. The minimum absolute atomic E-state index is 0.171. The Kier molecular flexibility index (Phi) is 8.87. The van der Waals surface area contributed by atoms with Crippen LogP contribution in [0.25, 0.3) is 11.0 Å². The van der Waals surface area contributed by atoms with Crippen LogP contribution < -0.4 is 10.4 Å². The van der Waals surface area contributed by atoms with Gasteiger partial charge in [0.05, 0.1) is 0 Å². The number of benzene rings is 1. The predicted molar refractivity (Wildman–Crippen MR) is 124 cm³/mol. The molecule has 0 bridgehead atoms. The summed E-state index contributed by atoms with van der Waals surface area (Å²) in [5, 5.41) is 0.705. The standard InChI is InChI=1S/C25H28O12/c1-6-16-9-21(30)36-19-10-17(7-8-18(16)19)35-25-24(34-15(5)29)23(33-14(4)28)22(32-13(3)27)20(37-25)11-31-12(2)26/h7-10,20,22-25H,6,11H2,1-5H3. The van der Waals surface area contributed by atoms with E-state index in [1.54, 1.807) is 12.1 Å². The number of hydrogen-bond acceptors (Lipinski definition) is 12. The normalized spacial score (nSPS) is 23.1. The van der Waals surface area contributed by atoms with E-state index in [1.807, 2.05) is 6.92 Å². The highest BCUT2D eigenvalue weighted by Gasteiger charge is 2.53. The topological polar surface area (TPSA) is 154 Å². The van der Waals surface area contributed by atoms with Crippen LogP contribution in [-0.4, -0.2) is 61.2 Å². The maximum absolute atomic E-state index is 12.0. The second kappa shape index (κ2) is 11.9. The van der Waals surface area contributed by atoms with Crippen molar-refractivity contribution in [2.24, 2.45) is 0 Å². The summed E-state index contributed by atoms with van der Waals surface area (Å²) < 4.78 is 38.3. The zero-order chi connectivity index (χ0) is 27.3. The fraction of sp³-hybridized carbons (Fsp3) is 0.480. The zero-order valence-electron chi connectivity index (χ0n) is 21.0. The van der Waals surface area contributed by atoms with Gasteiger partial charge in [-0.2, -0.15) is 0 Å². The van der Waals surface area contributed by atoms with Crippen molar-refractivity contribution in [1.29, 1.82) is 0 Å². The molecule has 12 heteroatoms. The third-order valence-electron chi connectivity index (χ3n) is 5.38. The molecule has 1 saturated heterocycles. The first kappa shape index (κ1) is 27.7. The molecule has 37 heavy (non-hydrogen) atoms. The summed E-state index contributed by atoms with van der Waals surface area (Å²) in [6, 6.07) is 6.15. The van der Waals surface area contributed by atoms with Crippen LogP contribution >= 0.6 is 0 Å². The average molecular weight is 520 g/mol. The SMILES string of the molecule is CCc1cc(=O)oc2cc(OC3OC(COC(C)=O)C(OC(C)=O)C(OC(C)=O)C3OC(C)=O)ccc12. The van der Waals surface area contributed by atoms with E-state index >= 15 is 0 Å². The minimum atomic E-state index is -1.40. The molecule has 1 aromatic carbocycles. The van der Waals surface area contributed by atoms with Crippen LogP contribution in [0.15, 0.2) is 33.5 Å². The molecule has 200 valence electrons. The highest BCUT2D eigenvalue weighted by atomic mass is 16.7. The molecule has 1 aliphatic rings. The van der Waals surface area contributed by atoms with E-state index in [4.69, 9.17) is 32.8 Å². The van der Waals surface area contributed by atoms with E-state index in [0.717, 1.165) is 26.3 Å². The van der Waals surface area contributed by atoms with E-state index < -0.39 is 60.2 Å². The molecule has 12 nitrogen and oxygen atoms in total. The van der Waals surface area contributed by atoms with Crippen molar-refractivity contribution in [2.45, 2.75) is 71.7 Å². The Morgan fingerprint density at radius 3 is 2.05 bits per heavy atom. The first-order valence-corrected chi connectivity index (χ1v) is 11.5. The van der Waals surface area contributed by atoms with Crippen LogP contribution in [0.3, 0.4) is 0 Å². The number of ether oxygens (including phenoxy) is 6. The van der Waals surface area contributed by atoms with E-state index in [2.05, 4.69) is 0 Å². The molecular weight excluding hydrogens is 492 g/mol. The number of esters is 4. The van der Waals surface area contributed by atoms with Gasteiger partial charge < -0.3 is 32.8 Å². The number of carbonyl (C=O) groups excluding carboxylic acids is 4. The molecule has 1 fully saturated rings. The van der Waals surface area contributed by atoms with E-state index in [9.17, 15) is 24.0 Å². The van der Waals surface area contributed by atoms with Crippen LogP contribution in [0.2, 0.25) is 0 Å². The van der Waals surface area contributed by atoms with Crippen molar-refractivity contribution < 1.29 is 52.0 Å². The van der Waals surface area contributed by atoms with Gasteiger partial charge in [0.2, 0.25) is 12.4 Å². The smallest absolute Gasteiger partial charge is 0.336 e. The van der Waals surface area contributed by atoms with E-state index in [0.29, 0.717) is 11.8 Å². The second-order valence-corrected chi connectivity index (χ2v) is 8.29. The molecule has 1 aromatic heterocycles. The maximum atomic E-state index is 12.0. The molecule has 1 aliphatic heterocycles. The fourth-order valence-electron chi connectivity index (χ4n) is 3.99. The summed E-state index contributed by atoms with van der Waals surface area (Å²) in [7, 11) is 0. The summed E-state index contributed by atoms with van der Waals surface area (Å²) in [5.41, 5.74) is 0.506. The molecule has 2 heterocycles. The Labute approximate surface area is 211 Å². The van der Waals surface area contributed by atoms with Crippen molar-refractivity contribution in [2.75, 3.05) is 6.61 Å². The van der Waals surface area contributed by atoms with Crippen LogP contribution in [-0.2, 0) is 49.3 Å². The van der Waals surface area contributed by atoms with Crippen molar-refractivity contribution in [3.8, 4) is 5.75 Å². The molecule has 0 saturated carbocycles. The maximum Gasteiger partial charge on any atom is 0.336 e. The molecule has 5 atom stereocenters. The summed E-state index contributed by atoms with van der Waals surface area (Å²) in [6.45, 7) is 6.07. The van der Waals surface area contributed by atoms with Gasteiger partial charge in [0.25, 0.3) is 0 Å². The monoisotopic (exact) mass is 520 g/mol. The molecule has 0 spiro atoms. The van der Waals surface area contributed by atoms with Crippen molar-refractivity contribution in [3.05, 3.63) is 40.2 Å². The predicted octanol–water partition coefficient (Wildman–Crippen LogP) is 1.82. The van der Waals surface area contributed by atoms with Crippen LogP contribution in [0.5, 0.6) is 5.75 Å². The molecule has 3 rings (SSSR count). The second-order valence-electron chi connectivity index (χ2n) is 8.29. The van der Waals surface area contributed by atoms with Crippen molar-refractivity contribution in [1.82, 2.24) is 0 Å². The summed E-state index contributed by atoms with van der Waals surface area (Å²) in [5.74, 6) is -2.71. The lowest BCUT2D eigenvalue weighted by Crippen LogP contribution is -2.63. The number of carbonyl (C=O) groups is 4. The Hall–Kier alpha value is -3.93. The molecular formula is C25H28O12. The Balaban J connectivity index is 2.03. The quantitative estimate of drug-likeness (QED) is 0.283. The number of fused-ring (bicyclic) bond motifs is 1. The molecule has 5 unspecified atom stereocenters. The van der Waals surface area contributed by atoms with Gasteiger partial charge in [0, 0.05) is 45.2 Å². The third kappa shape index (κ3) is 7.06. The lowest BCUT2D eigenvalue weighted by molar-refractivity contribution is -0.288. The Morgan fingerprint density at radius 1 is 0.838 bits per heavy atom.